The van der Waals surface area contributed by atoms with Crippen molar-refractivity contribution < 1.29 is 19.4 Å². The van der Waals surface area contributed by atoms with E-state index in [1.165, 1.54) is 0 Å². The van der Waals surface area contributed by atoms with E-state index in [1.807, 2.05) is 6.92 Å². The molecule has 0 bridgehead atoms. The van der Waals surface area contributed by atoms with Gasteiger partial charge in [0.1, 0.15) is 6.61 Å². The fourth-order valence-corrected chi connectivity index (χ4v) is 1.90. The lowest BCUT2D eigenvalue weighted by Gasteiger charge is -2.47. The monoisotopic (exact) mass is 245 g/mol. The number of carbonyl (C=O) groups is 1. The minimum atomic E-state index is -0.912. The van der Waals surface area contributed by atoms with E-state index in [0.717, 1.165) is 32.8 Å². The molecule has 0 aromatic heterocycles. The molecule has 100 valence electrons. The van der Waals surface area contributed by atoms with Crippen LogP contribution in [-0.2, 0) is 14.3 Å². The summed E-state index contributed by atoms with van der Waals surface area (Å²) in [6.07, 6.45) is 0. The van der Waals surface area contributed by atoms with Gasteiger partial charge in [-0.05, 0) is 12.8 Å². The van der Waals surface area contributed by atoms with Crippen LogP contribution in [0.2, 0.25) is 0 Å². The fraction of sp³-hybridized carbons (Fsp3) is 0.917. The predicted molar refractivity (Wildman–Crippen MR) is 64.1 cm³/mol. The van der Waals surface area contributed by atoms with Crippen molar-refractivity contribution in [1.29, 1.82) is 0 Å². The molecule has 0 spiro atoms. The standard InChI is InChI=1S/C12H23NO4/c1-10(2)6-16-5-4-13-8-12(3,9-13)17-7-11(14)15/h10H,4-9H2,1-3H3,(H,14,15). The van der Waals surface area contributed by atoms with Crippen LogP contribution >= 0.6 is 0 Å². The number of carboxylic acid groups (broad SMARTS) is 1. The van der Waals surface area contributed by atoms with E-state index in [0.29, 0.717) is 5.92 Å². The van der Waals surface area contributed by atoms with Crippen molar-refractivity contribution >= 4 is 5.97 Å². The molecule has 0 aromatic rings. The molecule has 5 nitrogen and oxygen atoms in total. The Hall–Kier alpha value is -0.650. The van der Waals surface area contributed by atoms with Crippen molar-refractivity contribution in [1.82, 2.24) is 4.90 Å². The molecule has 5 heteroatoms. The molecular weight excluding hydrogens is 222 g/mol. The number of likely N-dealkylation sites (tertiary alicyclic amines) is 1. The van der Waals surface area contributed by atoms with Crippen LogP contribution in [0.15, 0.2) is 0 Å². The van der Waals surface area contributed by atoms with Crippen molar-refractivity contribution in [3.8, 4) is 0 Å². The van der Waals surface area contributed by atoms with E-state index in [9.17, 15) is 4.79 Å². The van der Waals surface area contributed by atoms with Crippen LogP contribution in [0.1, 0.15) is 20.8 Å². The molecule has 0 saturated carbocycles. The SMILES string of the molecule is CC(C)COCCN1CC(C)(OCC(=O)O)C1. The maximum absolute atomic E-state index is 10.4. The third-order valence-corrected chi connectivity index (χ3v) is 2.66. The van der Waals surface area contributed by atoms with Crippen LogP contribution < -0.4 is 0 Å². The van der Waals surface area contributed by atoms with E-state index in [2.05, 4.69) is 18.7 Å². The zero-order chi connectivity index (χ0) is 12.9. The molecule has 0 atom stereocenters. The van der Waals surface area contributed by atoms with Crippen molar-refractivity contribution in [3.63, 3.8) is 0 Å². The molecule has 0 amide bonds. The van der Waals surface area contributed by atoms with E-state index < -0.39 is 5.97 Å². The van der Waals surface area contributed by atoms with Crippen LogP contribution in [0.5, 0.6) is 0 Å². The topological polar surface area (TPSA) is 59.0 Å². The molecule has 1 heterocycles. The summed E-state index contributed by atoms with van der Waals surface area (Å²) in [6, 6.07) is 0. The second kappa shape index (κ2) is 6.33. The quantitative estimate of drug-likeness (QED) is 0.642. The first kappa shape index (κ1) is 14.4. The molecule has 1 rings (SSSR count). The number of ether oxygens (including phenoxy) is 2. The average molecular weight is 245 g/mol. The number of hydrogen-bond acceptors (Lipinski definition) is 4. The third-order valence-electron chi connectivity index (χ3n) is 2.66. The van der Waals surface area contributed by atoms with Gasteiger partial charge in [0.15, 0.2) is 0 Å². The molecule has 17 heavy (non-hydrogen) atoms. The zero-order valence-corrected chi connectivity index (χ0v) is 10.9. The van der Waals surface area contributed by atoms with Crippen molar-refractivity contribution in [3.05, 3.63) is 0 Å². The van der Waals surface area contributed by atoms with E-state index in [1.54, 1.807) is 0 Å². The molecule has 0 unspecified atom stereocenters. The molecule has 0 radical (unpaired) electrons. The van der Waals surface area contributed by atoms with Crippen LogP contribution in [-0.4, -0.2) is 61.0 Å². The van der Waals surface area contributed by atoms with Crippen LogP contribution in [0, 0.1) is 5.92 Å². The Bertz CT molecular complexity index is 249. The second-order valence-corrected chi connectivity index (χ2v) is 5.31. The summed E-state index contributed by atoms with van der Waals surface area (Å²) < 4.78 is 10.8. The van der Waals surface area contributed by atoms with Crippen molar-refractivity contribution in [2.75, 3.05) is 39.5 Å². The zero-order valence-electron chi connectivity index (χ0n) is 10.9. The van der Waals surface area contributed by atoms with Gasteiger partial charge >= 0.3 is 5.97 Å². The summed E-state index contributed by atoms with van der Waals surface area (Å²) in [5, 5.41) is 8.53. The van der Waals surface area contributed by atoms with Crippen molar-refractivity contribution in [2.24, 2.45) is 5.92 Å². The van der Waals surface area contributed by atoms with E-state index in [4.69, 9.17) is 14.6 Å². The van der Waals surface area contributed by atoms with Gasteiger partial charge in [0, 0.05) is 26.2 Å². The number of nitrogens with zero attached hydrogens (tertiary/aromatic N) is 1. The summed E-state index contributed by atoms with van der Waals surface area (Å²) >= 11 is 0. The van der Waals surface area contributed by atoms with Gasteiger partial charge < -0.3 is 14.6 Å². The normalized spacial score (nSPS) is 19.3. The van der Waals surface area contributed by atoms with Crippen LogP contribution in [0.3, 0.4) is 0 Å². The van der Waals surface area contributed by atoms with Gasteiger partial charge in [-0.15, -0.1) is 0 Å². The number of hydrogen-bond donors (Lipinski definition) is 1. The molecule has 1 saturated heterocycles. The fourth-order valence-electron chi connectivity index (χ4n) is 1.90. The van der Waals surface area contributed by atoms with Crippen molar-refractivity contribution in [2.45, 2.75) is 26.4 Å². The Morgan fingerprint density at radius 3 is 2.65 bits per heavy atom. The summed E-state index contributed by atoms with van der Waals surface area (Å²) in [5.74, 6) is -0.347. The van der Waals surface area contributed by atoms with Crippen LogP contribution in [0.25, 0.3) is 0 Å². The van der Waals surface area contributed by atoms with Gasteiger partial charge in [-0.2, -0.15) is 0 Å². The first-order valence-corrected chi connectivity index (χ1v) is 6.07. The lowest BCUT2D eigenvalue weighted by Crippen LogP contribution is -2.62. The first-order valence-electron chi connectivity index (χ1n) is 6.07. The first-order chi connectivity index (χ1) is 7.91. The lowest BCUT2D eigenvalue weighted by molar-refractivity contribution is -0.165. The van der Waals surface area contributed by atoms with E-state index in [-0.39, 0.29) is 12.2 Å². The minimum Gasteiger partial charge on any atom is -0.480 e. The average Bonchev–Trinajstić information content (AvgIpc) is 2.18. The highest BCUT2D eigenvalue weighted by Crippen LogP contribution is 2.23. The highest BCUT2D eigenvalue weighted by molar-refractivity contribution is 5.68. The number of rotatable bonds is 8. The molecule has 1 N–H and O–H groups in total. The number of carboxylic acids is 1. The van der Waals surface area contributed by atoms with Gasteiger partial charge in [0.25, 0.3) is 0 Å². The predicted octanol–water partition coefficient (Wildman–Crippen LogP) is 0.835. The molecule has 1 aliphatic rings. The van der Waals surface area contributed by atoms with Crippen LogP contribution in [0.4, 0.5) is 0 Å². The Kier molecular flexibility index (Phi) is 5.36. The summed E-state index contributed by atoms with van der Waals surface area (Å²) in [7, 11) is 0. The summed E-state index contributed by atoms with van der Waals surface area (Å²) in [6.45, 7) is 9.96. The lowest BCUT2D eigenvalue weighted by atomic mass is 9.96. The maximum atomic E-state index is 10.4. The largest absolute Gasteiger partial charge is 0.480 e. The third kappa shape index (κ3) is 5.48. The molecule has 0 aliphatic carbocycles. The van der Waals surface area contributed by atoms with E-state index >= 15 is 0 Å². The number of aliphatic carboxylic acids is 1. The molecule has 1 fully saturated rings. The molecule has 1 aliphatic heterocycles. The molecular formula is C12H23NO4. The van der Waals surface area contributed by atoms with Gasteiger partial charge in [0.2, 0.25) is 0 Å². The smallest absolute Gasteiger partial charge is 0.329 e. The summed E-state index contributed by atoms with van der Waals surface area (Å²) in [4.78, 5) is 12.6. The highest BCUT2D eigenvalue weighted by atomic mass is 16.5. The van der Waals surface area contributed by atoms with Gasteiger partial charge in [-0.25, -0.2) is 4.79 Å². The second-order valence-electron chi connectivity index (χ2n) is 5.31. The Morgan fingerprint density at radius 2 is 2.12 bits per heavy atom. The Labute approximate surface area is 103 Å². The Morgan fingerprint density at radius 1 is 1.47 bits per heavy atom. The summed E-state index contributed by atoms with van der Waals surface area (Å²) in [5.41, 5.74) is -0.295. The van der Waals surface area contributed by atoms with Gasteiger partial charge in [0.05, 0.1) is 12.2 Å². The maximum Gasteiger partial charge on any atom is 0.329 e. The highest BCUT2D eigenvalue weighted by Gasteiger charge is 2.39. The minimum absolute atomic E-state index is 0.214. The molecule has 0 aromatic carbocycles. The van der Waals surface area contributed by atoms with Gasteiger partial charge in [-0.3, -0.25) is 4.90 Å². The van der Waals surface area contributed by atoms with Gasteiger partial charge in [-0.1, -0.05) is 13.8 Å². The Balaban J connectivity index is 2.04.